The van der Waals surface area contributed by atoms with E-state index in [9.17, 15) is 4.79 Å². The first kappa shape index (κ1) is 10.5. The number of amides is 1. The standard InChI is InChI=1S/C9H18N2O2/c1-7(12)4-6-11-9(13)8-3-2-5-10-8/h7-8,10,12H,2-6H2,1H3,(H,11,13)/t7-,8+/m0/s1. The van der Waals surface area contributed by atoms with Gasteiger partial charge in [-0.25, -0.2) is 0 Å². The van der Waals surface area contributed by atoms with Crippen molar-refractivity contribution >= 4 is 5.91 Å². The molecule has 4 nitrogen and oxygen atoms in total. The third-order valence-corrected chi connectivity index (χ3v) is 2.24. The predicted octanol–water partition coefficient (Wildman–Crippen LogP) is -0.374. The van der Waals surface area contributed by atoms with Crippen LogP contribution in [0.5, 0.6) is 0 Å². The van der Waals surface area contributed by atoms with Gasteiger partial charge in [-0.1, -0.05) is 0 Å². The van der Waals surface area contributed by atoms with E-state index in [-0.39, 0.29) is 18.1 Å². The van der Waals surface area contributed by atoms with Crippen molar-refractivity contribution in [1.29, 1.82) is 0 Å². The molecule has 1 saturated heterocycles. The number of rotatable bonds is 4. The van der Waals surface area contributed by atoms with Crippen LogP contribution in [0.3, 0.4) is 0 Å². The van der Waals surface area contributed by atoms with Crippen LogP contribution in [-0.2, 0) is 4.79 Å². The van der Waals surface area contributed by atoms with Crippen LogP contribution in [-0.4, -0.2) is 36.2 Å². The lowest BCUT2D eigenvalue weighted by molar-refractivity contribution is -0.122. The molecule has 0 unspecified atom stereocenters. The molecule has 0 aromatic carbocycles. The Kier molecular flexibility index (Phi) is 4.18. The molecule has 0 saturated carbocycles. The van der Waals surface area contributed by atoms with Gasteiger partial charge in [0.15, 0.2) is 0 Å². The lowest BCUT2D eigenvalue weighted by atomic mass is 10.2. The fraction of sp³-hybridized carbons (Fsp3) is 0.889. The van der Waals surface area contributed by atoms with Crippen LogP contribution in [0.4, 0.5) is 0 Å². The minimum absolute atomic E-state index is 0.00556. The van der Waals surface area contributed by atoms with E-state index in [2.05, 4.69) is 10.6 Å². The molecule has 4 heteroatoms. The van der Waals surface area contributed by atoms with Gasteiger partial charge in [-0.2, -0.15) is 0 Å². The molecule has 1 amide bonds. The van der Waals surface area contributed by atoms with Crippen LogP contribution in [0.15, 0.2) is 0 Å². The van der Waals surface area contributed by atoms with Gasteiger partial charge >= 0.3 is 0 Å². The van der Waals surface area contributed by atoms with E-state index in [1.165, 1.54) is 0 Å². The molecule has 1 heterocycles. The first-order chi connectivity index (χ1) is 6.20. The quantitative estimate of drug-likeness (QED) is 0.561. The maximum atomic E-state index is 11.4. The summed E-state index contributed by atoms with van der Waals surface area (Å²) in [6, 6.07) is -0.00556. The summed E-state index contributed by atoms with van der Waals surface area (Å²) in [6.07, 6.45) is 2.30. The van der Waals surface area contributed by atoms with Gasteiger partial charge in [-0.15, -0.1) is 0 Å². The average Bonchev–Trinajstić information content (AvgIpc) is 2.55. The predicted molar refractivity (Wildman–Crippen MR) is 50.3 cm³/mol. The summed E-state index contributed by atoms with van der Waals surface area (Å²) in [4.78, 5) is 11.4. The highest BCUT2D eigenvalue weighted by molar-refractivity contribution is 5.81. The van der Waals surface area contributed by atoms with Gasteiger partial charge in [0.05, 0.1) is 12.1 Å². The summed E-state index contributed by atoms with van der Waals surface area (Å²) in [5.74, 6) is 0.0677. The summed E-state index contributed by atoms with van der Waals surface area (Å²) in [6.45, 7) is 3.23. The first-order valence-corrected chi connectivity index (χ1v) is 4.89. The molecule has 0 aliphatic carbocycles. The van der Waals surface area contributed by atoms with Crippen LogP contribution in [0.2, 0.25) is 0 Å². The third kappa shape index (κ3) is 3.74. The van der Waals surface area contributed by atoms with Gasteiger partial charge in [0.1, 0.15) is 0 Å². The second kappa shape index (κ2) is 5.19. The molecule has 2 atom stereocenters. The van der Waals surface area contributed by atoms with E-state index in [1.54, 1.807) is 6.92 Å². The number of hydrogen-bond donors (Lipinski definition) is 3. The Hall–Kier alpha value is -0.610. The lowest BCUT2D eigenvalue weighted by Gasteiger charge is -2.11. The summed E-state index contributed by atoms with van der Waals surface area (Å²) in [7, 11) is 0. The van der Waals surface area contributed by atoms with Crippen LogP contribution >= 0.6 is 0 Å². The summed E-state index contributed by atoms with van der Waals surface area (Å²) in [5.41, 5.74) is 0. The minimum atomic E-state index is -0.336. The largest absolute Gasteiger partial charge is 0.393 e. The van der Waals surface area contributed by atoms with Gasteiger partial charge in [-0.05, 0) is 32.7 Å². The Morgan fingerprint density at radius 3 is 3.08 bits per heavy atom. The third-order valence-electron chi connectivity index (χ3n) is 2.24. The fourth-order valence-electron chi connectivity index (χ4n) is 1.44. The highest BCUT2D eigenvalue weighted by Gasteiger charge is 2.21. The molecule has 0 aromatic rings. The number of aliphatic hydroxyl groups excluding tert-OH is 1. The molecule has 1 aliphatic rings. The molecule has 0 bridgehead atoms. The molecule has 1 rings (SSSR count). The van der Waals surface area contributed by atoms with Crippen molar-refractivity contribution in [3.63, 3.8) is 0 Å². The molecular weight excluding hydrogens is 168 g/mol. The number of carbonyl (C=O) groups excluding carboxylic acids is 1. The number of nitrogens with one attached hydrogen (secondary N) is 2. The Labute approximate surface area is 78.7 Å². The van der Waals surface area contributed by atoms with Crippen LogP contribution < -0.4 is 10.6 Å². The zero-order valence-electron chi connectivity index (χ0n) is 8.05. The highest BCUT2D eigenvalue weighted by Crippen LogP contribution is 2.04. The molecule has 3 N–H and O–H groups in total. The Balaban J connectivity index is 2.10. The number of carbonyl (C=O) groups is 1. The zero-order valence-corrected chi connectivity index (χ0v) is 8.05. The van der Waals surface area contributed by atoms with Crippen molar-refractivity contribution < 1.29 is 9.90 Å². The zero-order chi connectivity index (χ0) is 9.68. The van der Waals surface area contributed by atoms with E-state index < -0.39 is 0 Å². The van der Waals surface area contributed by atoms with Gasteiger partial charge in [0.2, 0.25) is 5.91 Å². The molecule has 0 aromatic heterocycles. The smallest absolute Gasteiger partial charge is 0.237 e. The van der Waals surface area contributed by atoms with Crippen LogP contribution in [0.1, 0.15) is 26.2 Å². The van der Waals surface area contributed by atoms with E-state index in [4.69, 9.17) is 5.11 Å². The van der Waals surface area contributed by atoms with Crippen molar-refractivity contribution in [1.82, 2.24) is 10.6 Å². The summed E-state index contributed by atoms with van der Waals surface area (Å²) in [5, 5.41) is 14.9. The highest BCUT2D eigenvalue weighted by atomic mass is 16.3. The maximum absolute atomic E-state index is 11.4. The van der Waals surface area contributed by atoms with E-state index in [0.717, 1.165) is 19.4 Å². The Bertz CT molecular complexity index is 165. The summed E-state index contributed by atoms with van der Waals surface area (Å²) >= 11 is 0. The Morgan fingerprint density at radius 2 is 2.54 bits per heavy atom. The SMILES string of the molecule is C[C@H](O)CCNC(=O)[C@H]1CCCN1. The first-order valence-electron chi connectivity index (χ1n) is 4.89. The monoisotopic (exact) mass is 186 g/mol. The average molecular weight is 186 g/mol. The van der Waals surface area contributed by atoms with Crippen molar-refractivity contribution in [2.45, 2.75) is 38.3 Å². The Morgan fingerprint density at radius 1 is 1.77 bits per heavy atom. The molecule has 1 aliphatic heterocycles. The van der Waals surface area contributed by atoms with Crippen LogP contribution in [0.25, 0.3) is 0 Å². The van der Waals surface area contributed by atoms with E-state index in [0.29, 0.717) is 13.0 Å². The molecule has 13 heavy (non-hydrogen) atoms. The minimum Gasteiger partial charge on any atom is -0.393 e. The second-order valence-corrected chi connectivity index (χ2v) is 3.58. The number of aliphatic hydroxyl groups is 1. The fourth-order valence-corrected chi connectivity index (χ4v) is 1.44. The van der Waals surface area contributed by atoms with E-state index in [1.807, 2.05) is 0 Å². The molecule has 0 radical (unpaired) electrons. The lowest BCUT2D eigenvalue weighted by Crippen LogP contribution is -2.41. The molecular formula is C9H18N2O2. The van der Waals surface area contributed by atoms with Gasteiger partial charge in [0.25, 0.3) is 0 Å². The van der Waals surface area contributed by atoms with Gasteiger partial charge in [0, 0.05) is 6.54 Å². The normalized spacial score (nSPS) is 24.3. The molecule has 76 valence electrons. The number of hydrogen-bond acceptors (Lipinski definition) is 3. The second-order valence-electron chi connectivity index (χ2n) is 3.58. The van der Waals surface area contributed by atoms with Crippen molar-refractivity contribution in [2.24, 2.45) is 0 Å². The van der Waals surface area contributed by atoms with Gasteiger partial charge < -0.3 is 15.7 Å². The van der Waals surface area contributed by atoms with Crippen molar-refractivity contribution in [3.05, 3.63) is 0 Å². The van der Waals surface area contributed by atoms with Crippen molar-refractivity contribution in [2.75, 3.05) is 13.1 Å². The summed E-state index contributed by atoms with van der Waals surface area (Å²) < 4.78 is 0. The molecule has 1 fully saturated rings. The van der Waals surface area contributed by atoms with Gasteiger partial charge in [-0.3, -0.25) is 4.79 Å². The maximum Gasteiger partial charge on any atom is 0.237 e. The van der Waals surface area contributed by atoms with Crippen LogP contribution in [0, 0.1) is 0 Å². The molecule has 0 spiro atoms. The topological polar surface area (TPSA) is 61.4 Å². The van der Waals surface area contributed by atoms with Crippen molar-refractivity contribution in [3.8, 4) is 0 Å². The van der Waals surface area contributed by atoms with E-state index >= 15 is 0 Å².